The van der Waals surface area contributed by atoms with Crippen LogP contribution in [0.5, 0.6) is 5.75 Å². The summed E-state index contributed by atoms with van der Waals surface area (Å²) in [6.07, 6.45) is -3.25. The van der Waals surface area contributed by atoms with Crippen LogP contribution in [0.15, 0.2) is 72.9 Å². The Morgan fingerprint density at radius 2 is 1.68 bits per heavy atom. The SMILES string of the molecule is CN1[C@H](c2ccc(C(C)(C)C)cc2)N(CCc2ccc(OC(F)(F)F)cc2)C(=O)[C@@H]1CC(=O)Nc1ccccn1. The number of benzene rings is 2. The maximum atomic E-state index is 13.7. The molecule has 40 heavy (non-hydrogen) atoms. The predicted molar refractivity (Wildman–Crippen MR) is 145 cm³/mol. The van der Waals surface area contributed by atoms with Crippen molar-refractivity contribution >= 4 is 17.6 Å². The predicted octanol–water partition coefficient (Wildman–Crippen LogP) is 5.69. The maximum Gasteiger partial charge on any atom is 0.573 e. The van der Waals surface area contributed by atoms with E-state index in [0.717, 1.165) is 16.7 Å². The van der Waals surface area contributed by atoms with Crippen LogP contribution in [-0.4, -0.2) is 52.6 Å². The fourth-order valence-corrected chi connectivity index (χ4v) is 4.82. The number of alkyl halides is 3. The van der Waals surface area contributed by atoms with Gasteiger partial charge in [0.05, 0.1) is 12.5 Å². The number of hydrogen-bond donors (Lipinski definition) is 1. The van der Waals surface area contributed by atoms with Crippen molar-refractivity contribution in [2.24, 2.45) is 0 Å². The third-order valence-corrected chi connectivity index (χ3v) is 6.93. The molecular weight excluding hydrogens is 521 g/mol. The Bertz CT molecular complexity index is 1310. The molecule has 212 valence electrons. The Kier molecular flexibility index (Phi) is 8.48. The fourth-order valence-electron chi connectivity index (χ4n) is 4.82. The van der Waals surface area contributed by atoms with Crippen LogP contribution < -0.4 is 10.1 Å². The van der Waals surface area contributed by atoms with Crippen molar-refractivity contribution in [3.05, 3.63) is 89.6 Å². The molecule has 2 amide bonds. The van der Waals surface area contributed by atoms with Crippen molar-refractivity contribution < 1.29 is 27.5 Å². The third kappa shape index (κ3) is 7.18. The Morgan fingerprint density at radius 1 is 1.00 bits per heavy atom. The first-order valence-electron chi connectivity index (χ1n) is 13.0. The molecule has 1 saturated heterocycles. The molecule has 2 aromatic carbocycles. The van der Waals surface area contributed by atoms with Crippen LogP contribution in [0.25, 0.3) is 0 Å². The van der Waals surface area contributed by atoms with Crippen LogP contribution in [0.2, 0.25) is 0 Å². The fraction of sp³-hybridized carbons (Fsp3) is 0.367. The molecule has 1 aromatic heterocycles. The molecule has 1 aliphatic heterocycles. The first-order valence-corrected chi connectivity index (χ1v) is 13.0. The van der Waals surface area contributed by atoms with Crippen LogP contribution >= 0.6 is 0 Å². The summed E-state index contributed by atoms with van der Waals surface area (Å²) >= 11 is 0. The van der Waals surface area contributed by atoms with Crippen LogP contribution in [-0.2, 0) is 21.4 Å². The van der Waals surface area contributed by atoms with E-state index in [1.807, 2.05) is 36.2 Å². The minimum atomic E-state index is -4.76. The smallest absolute Gasteiger partial charge is 0.406 e. The highest BCUT2D eigenvalue weighted by atomic mass is 19.4. The minimum Gasteiger partial charge on any atom is -0.406 e. The molecule has 0 unspecified atom stereocenters. The second-order valence-electron chi connectivity index (χ2n) is 10.9. The normalized spacial score (nSPS) is 18.2. The van der Waals surface area contributed by atoms with Gasteiger partial charge in [-0.3, -0.25) is 14.5 Å². The van der Waals surface area contributed by atoms with Gasteiger partial charge in [-0.25, -0.2) is 4.98 Å². The summed E-state index contributed by atoms with van der Waals surface area (Å²) in [6.45, 7) is 6.69. The van der Waals surface area contributed by atoms with E-state index in [0.29, 0.717) is 18.8 Å². The number of halogens is 3. The van der Waals surface area contributed by atoms with E-state index >= 15 is 0 Å². The molecule has 0 aliphatic carbocycles. The molecule has 0 radical (unpaired) electrons. The molecule has 4 rings (SSSR count). The van der Waals surface area contributed by atoms with Crippen LogP contribution in [0.1, 0.15) is 50.0 Å². The molecule has 7 nitrogen and oxygen atoms in total. The largest absolute Gasteiger partial charge is 0.573 e. The van der Waals surface area contributed by atoms with Crippen LogP contribution in [0.4, 0.5) is 19.0 Å². The van der Waals surface area contributed by atoms with E-state index in [4.69, 9.17) is 0 Å². The molecule has 0 bridgehead atoms. The second-order valence-corrected chi connectivity index (χ2v) is 10.9. The lowest BCUT2D eigenvalue weighted by Crippen LogP contribution is -2.35. The summed E-state index contributed by atoms with van der Waals surface area (Å²) in [4.78, 5) is 34.3. The standard InChI is InChI=1S/C30H33F3N4O3/c1-29(2,3)22-12-10-21(11-13-22)27-36(4)24(19-26(38)35-25-7-5-6-17-34-25)28(39)37(27)18-16-20-8-14-23(15-9-20)40-30(31,32)33/h5-15,17,24,27H,16,18-19H2,1-4H3,(H,34,35,38)/t24-,27-/m0/s1. The number of hydrogen-bond acceptors (Lipinski definition) is 5. The Morgan fingerprint density at radius 3 is 2.25 bits per heavy atom. The molecule has 1 fully saturated rings. The van der Waals surface area contributed by atoms with Gasteiger partial charge in [0.1, 0.15) is 17.7 Å². The molecule has 2 heterocycles. The summed E-state index contributed by atoms with van der Waals surface area (Å²) in [7, 11) is 1.82. The van der Waals surface area contributed by atoms with E-state index in [1.54, 1.807) is 41.4 Å². The van der Waals surface area contributed by atoms with Gasteiger partial charge >= 0.3 is 6.36 Å². The van der Waals surface area contributed by atoms with Gasteiger partial charge in [0.25, 0.3) is 0 Å². The summed E-state index contributed by atoms with van der Waals surface area (Å²) in [5.74, 6) is -0.415. The lowest BCUT2D eigenvalue weighted by atomic mass is 9.86. The number of ether oxygens (including phenoxy) is 1. The van der Waals surface area contributed by atoms with Crippen molar-refractivity contribution in [1.82, 2.24) is 14.8 Å². The van der Waals surface area contributed by atoms with Gasteiger partial charge in [0, 0.05) is 12.7 Å². The number of amides is 2. The number of nitrogens with one attached hydrogen (secondary N) is 1. The molecule has 1 aliphatic rings. The highest BCUT2D eigenvalue weighted by Gasteiger charge is 2.45. The molecular formula is C30H33F3N4O3. The monoisotopic (exact) mass is 554 g/mol. The molecule has 0 saturated carbocycles. The Hall–Kier alpha value is -3.92. The quantitative estimate of drug-likeness (QED) is 0.387. The van der Waals surface area contributed by atoms with Crippen LogP contribution in [0, 0.1) is 0 Å². The summed E-state index contributed by atoms with van der Waals surface area (Å²) in [5, 5.41) is 2.74. The van der Waals surface area contributed by atoms with Crippen molar-refractivity contribution in [1.29, 1.82) is 0 Å². The van der Waals surface area contributed by atoms with Crippen molar-refractivity contribution in [2.75, 3.05) is 18.9 Å². The average Bonchev–Trinajstić information content (AvgIpc) is 3.11. The van der Waals surface area contributed by atoms with Gasteiger partial charge in [-0.15, -0.1) is 13.2 Å². The Labute approximate surface area is 232 Å². The van der Waals surface area contributed by atoms with Crippen LogP contribution in [0.3, 0.4) is 0 Å². The zero-order valence-corrected chi connectivity index (χ0v) is 22.9. The zero-order valence-electron chi connectivity index (χ0n) is 22.9. The van der Waals surface area contributed by atoms with E-state index in [9.17, 15) is 22.8 Å². The van der Waals surface area contributed by atoms with E-state index in [2.05, 4.69) is 35.8 Å². The maximum absolute atomic E-state index is 13.7. The van der Waals surface area contributed by atoms with Crippen molar-refractivity contribution in [2.45, 2.75) is 57.6 Å². The first kappa shape index (κ1) is 29.1. The lowest BCUT2D eigenvalue weighted by molar-refractivity contribution is -0.274. The van der Waals surface area contributed by atoms with Gasteiger partial charge in [0.2, 0.25) is 11.8 Å². The highest BCUT2D eigenvalue weighted by Crippen LogP contribution is 2.36. The minimum absolute atomic E-state index is 0.0380. The summed E-state index contributed by atoms with van der Waals surface area (Å²) in [6, 6.07) is 18.2. The number of nitrogens with zero attached hydrogens (tertiary/aromatic N) is 3. The molecule has 0 spiro atoms. The van der Waals surface area contributed by atoms with E-state index in [1.165, 1.54) is 12.1 Å². The number of carbonyl (C=O) groups excluding carboxylic acids is 2. The van der Waals surface area contributed by atoms with E-state index in [-0.39, 0.29) is 29.4 Å². The molecule has 10 heteroatoms. The molecule has 1 N–H and O–H groups in total. The zero-order chi connectivity index (χ0) is 29.1. The molecule has 2 atom stereocenters. The van der Waals surface area contributed by atoms with Crippen molar-refractivity contribution in [3.63, 3.8) is 0 Å². The number of anilines is 1. The number of likely N-dealkylation sites (N-methyl/N-ethyl adjacent to an activating group) is 1. The van der Waals surface area contributed by atoms with Crippen molar-refractivity contribution in [3.8, 4) is 5.75 Å². The topological polar surface area (TPSA) is 74.8 Å². The van der Waals surface area contributed by atoms with Gasteiger partial charge in [-0.2, -0.15) is 0 Å². The third-order valence-electron chi connectivity index (χ3n) is 6.93. The number of rotatable bonds is 8. The Balaban J connectivity index is 1.54. The van der Waals surface area contributed by atoms with Gasteiger partial charge in [-0.1, -0.05) is 63.2 Å². The van der Waals surface area contributed by atoms with Gasteiger partial charge in [0.15, 0.2) is 0 Å². The highest BCUT2D eigenvalue weighted by molar-refractivity contribution is 5.95. The average molecular weight is 555 g/mol. The summed E-state index contributed by atoms with van der Waals surface area (Å²) < 4.78 is 41.5. The summed E-state index contributed by atoms with van der Waals surface area (Å²) in [5.41, 5.74) is 2.78. The molecule has 3 aromatic rings. The van der Waals surface area contributed by atoms with E-state index < -0.39 is 18.6 Å². The lowest BCUT2D eigenvalue weighted by Gasteiger charge is -2.30. The number of aromatic nitrogens is 1. The van der Waals surface area contributed by atoms with Gasteiger partial charge < -0.3 is 15.0 Å². The van der Waals surface area contributed by atoms with Gasteiger partial charge in [-0.05, 0) is 59.8 Å². The number of carbonyl (C=O) groups is 2. The number of pyridine rings is 1. The second kappa shape index (κ2) is 11.7. The first-order chi connectivity index (χ1) is 18.8.